The minimum absolute atomic E-state index is 0.255. The summed E-state index contributed by atoms with van der Waals surface area (Å²) in [7, 11) is 0. The fourth-order valence-corrected chi connectivity index (χ4v) is 3.95. The summed E-state index contributed by atoms with van der Waals surface area (Å²) in [5.41, 5.74) is 1.67. The van der Waals surface area contributed by atoms with Crippen molar-refractivity contribution in [2.75, 3.05) is 0 Å². The van der Waals surface area contributed by atoms with Gasteiger partial charge in [0.2, 0.25) is 0 Å². The predicted molar refractivity (Wildman–Crippen MR) is 130 cm³/mol. The summed E-state index contributed by atoms with van der Waals surface area (Å²) in [4.78, 5) is 28.5. The number of carbonyl (C=O) groups excluding carboxylic acids is 1. The summed E-state index contributed by atoms with van der Waals surface area (Å²) in [6, 6.07) is 24.9. The van der Waals surface area contributed by atoms with E-state index in [4.69, 9.17) is 0 Å². The van der Waals surface area contributed by atoms with Gasteiger partial charge in [0, 0.05) is 17.3 Å². The zero-order chi connectivity index (χ0) is 25.3. The number of nitrogens with zero attached hydrogens (tertiary/aromatic N) is 1. The van der Waals surface area contributed by atoms with Crippen molar-refractivity contribution >= 4 is 33.4 Å². The fraction of sp³-hybridized carbons (Fsp3) is 0.0370. The first kappa shape index (κ1) is 23.0. The number of imidazole rings is 1. The maximum absolute atomic E-state index is 13.0. The number of aromatic amines is 1. The molecule has 0 radical (unpaired) electrons. The van der Waals surface area contributed by atoms with Gasteiger partial charge in [-0.1, -0.05) is 42.5 Å². The molecule has 0 unspecified atom stereocenters. The van der Waals surface area contributed by atoms with Crippen LogP contribution >= 0.6 is 0 Å². The average molecular weight is 489 g/mol. The number of amides is 1. The minimum atomic E-state index is -4.83. The summed E-state index contributed by atoms with van der Waals surface area (Å²) in [6.45, 7) is 0. The third-order valence-corrected chi connectivity index (χ3v) is 5.57. The largest absolute Gasteiger partial charge is 0.573 e. The Morgan fingerprint density at radius 2 is 1.53 bits per heavy atom. The molecule has 6 nitrogen and oxygen atoms in total. The van der Waals surface area contributed by atoms with Gasteiger partial charge in [0.05, 0.1) is 16.7 Å². The molecule has 0 aliphatic carbocycles. The zero-order valence-corrected chi connectivity index (χ0v) is 18.5. The first-order valence-corrected chi connectivity index (χ1v) is 10.8. The second kappa shape index (κ2) is 9.10. The second-order valence-corrected chi connectivity index (χ2v) is 7.92. The Balaban J connectivity index is 1.55. The van der Waals surface area contributed by atoms with Crippen LogP contribution in [-0.2, 0) is 0 Å². The van der Waals surface area contributed by atoms with E-state index in [-0.39, 0.29) is 5.70 Å². The van der Waals surface area contributed by atoms with Gasteiger partial charge < -0.3 is 15.0 Å². The molecule has 36 heavy (non-hydrogen) atoms. The minimum Gasteiger partial charge on any atom is -0.406 e. The lowest BCUT2D eigenvalue weighted by Crippen LogP contribution is -2.22. The summed E-state index contributed by atoms with van der Waals surface area (Å²) in [5.74, 6) is -0.819. The molecule has 2 N–H and O–H groups in total. The number of aromatic nitrogens is 2. The van der Waals surface area contributed by atoms with Crippen LogP contribution in [0.25, 0.3) is 27.5 Å². The van der Waals surface area contributed by atoms with Gasteiger partial charge >= 0.3 is 12.1 Å². The van der Waals surface area contributed by atoms with Crippen LogP contribution < -0.4 is 15.7 Å². The Morgan fingerprint density at radius 1 is 0.861 bits per heavy atom. The Kier molecular flexibility index (Phi) is 5.81. The number of alkyl halides is 3. The highest BCUT2D eigenvalue weighted by Crippen LogP contribution is 2.26. The van der Waals surface area contributed by atoms with Crippen LogP contribution in [0, 0.1) is 0 Å². The standard InChI is InChI=1S/C27H18F3N3O3/c28-27(29,30)36-21-13-11-18(12-14-21)24(33-23-8-4-3-7-22(23)32-26(33)35)16-31-25(34)20-10-9-17-5-1-2-6-19(17)15-20/h1-16H,(H,31,34)(H,32,35)/b24-16-. The number of H-pyrrole nitrogens is 1. The first-order valence-electron chi connectivity index (χ1n) is 10.8. The number of halogens is 3. The van der Waals surface area contributed by atoms with Crippen LogP contribution in [0.3, 0.4) is 0 Å². The molecule has 0 aliphatic heterocycles. The molecule has 0 atom stereocenters. The highest BCUT2D eigenvalue weighted by atomic mass is 19.4. The van der Waals surface area contributed by atoms with Crippen molar-refractivity contribution in [1.29, 1.82) is 0 Å². The highest BCUT2D eigenvalue weighted by Gasteiger charge is 2.31. The Hall–Kier alpha value is -4.79. The second-order valence-electron chi connectivity index (χ2n) is 7.92. The topological polar surface area (TPSA) is 76.1 Å². The lowest BCUT2D eigenvalue weighted by atomic mass is 10.1. The van der Waals surface area contributed by atoms with E-state index < -0.39 is 23.7 Å². The van der Waals surface area contributed by atoms with E-state index in [0.29, 0.717) is 22.2 Å². The van der Waals surface area contributed by atoms with E-state index >= 15 is 0 Å². The molecule has 1 heterocycles. The number of ether oxygens (including phenoxy) is 1. The van der Waals surface area contributed by atoms with Crippen molar-refractivity contribution in [3.05, 3.63) is 119 Å². The fourth-order valence-electron chi connectivity index (χ4n) is 3.95. The average Bonchev–Trinajstić information content (AvgIpc) is 3.19. The quantitative estimate of drug-likeness (QED) is 0.335. The van der Waals surface area contributed by atoms with E-state index in [1.807, 2.05) is 30.3 Å². The number of hydrogen-bond acceptors (Lipinski definition) is 3. The van der Waals surface area contributed by atoms with E-state index in [2.05, 4.69) is 15.0 Å². The molecule has 4 aromatic carbocycles. The van der Waals surface area contributed by atoms with Crippen LogP contribution in [-0.4, -0.2) is 21.8 Å². The van der Waals surface area contributed by atoms with E-state index in [9.17, 15) is 22.8 Å². The molecule has 0 spiro atoms. The molecule has 9 heteroatoms. The molecule has 180 valence electrons. The van der Waals surface area contributed by atoms with Gasteiger partial charge in [0.1, 0.15) is 5.75 Å². The van der Waals surface area contributed by atoms with Crippen molar-refractivity contribution in [2.45, 2.75) is 6.36 Å². The molecule has 1 amide bonds. The van der Waals surface area contributed by atoms with E-state index in [1.54, 1.807) is 36.4 Å². The van der Waals surface area contributed by atoms with E-state index in [0.717, 1.165) is 22.9 Å². The molecule has 0 saturated carbocycles. The van der Waals surface area contributed by atoms with Crippen molar-refractivity contribution in [2.24, 2.45) is 0 Å². The number of para-hydroxylation sites is 2. The summed E-state index contributed by atoms with van der Waals surface area (Å²) in [6.07, 6.45) is -3.47. The van der Waals surface area contributed by atoms with Gasteiger partial charge in [0.15, 0.2) is 0 Å². The van der Waals surface area contributed by atoms with Gasteiger partial charge in [-0.15, -0.1) is 13.2 Å². The molecule has 5 aromatic rings. The Labute approximate surface area is 202 Å². The number of rotatable bonds is 5. The number of fused-ring (bicyclic) bond motifs is 2. The van der Waals surface area contributed by atoms with Gasteiger partial charge in [-0.25, -0.2) is 4.79 Å². The third-order valence-electron chi connectivity index (χ3n) is 5.57. The van der Waals surface area contributed by atoms with Crippen molar-refractivity contribution < 1.29 is 22.7 Å². The number of carbonyl (C=O) groups is 1. The summed E-state index contributed by atoms with van der Waals surface area (Å²) in [5, 5.41) is 4.58. The highest BCUT2D eigenvalue weighted by molar-refractivity contribution is 5.99. The predicted octanol–water partition coefficient (Wildman–Crippen LogP) is 5.66. The van der Waals surface area contributed by atoms with Crippen molar-refractivity contribution in [3.8, 4) is 5.75 Å². The third kappa shape index (κ3) is 4.72. The molecule has 0 bridgehead atoms. The van der Waals surface area contributed by atoms with Gasteiger partial charge in [-0.3, -0.25) is 9.36 Å². The number of benzene rings is 4. The van der Waals surface area contributed by atoms with Gasteiger partial charge in [-0.05, 0) is 59.3 Å². The van der Waals surface area contributed by atoms with Crippen LogP contribution in [0.4, 0.5) is 13.2 Å². The van der Waals surface area contributed by atoms with Crippen LogP contribution in [0.2, 0.25) is 0 Å². The summed E-state index contributed by atoms with van der Waals surface area (Å²) >= 11 is 0. The number of nitrogens with one attached hydrogen (secondary N) is 2. The van der Waals surface area contributed by atoms with Crippen LogP contribution in [0.1, 0.15) is 15.9 Å². The molecular weight excluding hydrogens is 471 g/mol. The normalized spacial score (nSPS) is 12.1. The lowest BCUT2D eigenvalue weighted by molar-refractivity contribution is -0.274. The van der Waals surface area contributed by atoms with Crippen LogP contribution in [0.15, 0.2) is 102 Å². The molecule has 0 saturated heterocycles. The molecule has 5 rings (SSSR count). The van der Waals surface area contributed by atoms with Gasteiger partial charge in [-0.2, -0.15) is 0 Å². The molecule has 1 aromatic heterocycles. The van der Waals surface area contributed by atoms with E-state index in [1.165, 1.54) is 22.9 Å². The van der Waals surface area contributed by atoms with Gasteiger partial charge in [0.25, 0.3) is 5.91 Å². The maximum Gasteiger partial charge on any atom is 0.573 e. The van der Waals surface area contributed by atoms with Crippen molar-refractivity contribution in [3.63, 3.8) is 0 Å². The number of hydrogen-bond donors (Lipinski definition) is 2. The molecule has 0 aliphatic rings. The van der Waals surface area contributed by atoms with Crippen LogP contribution in [0.5, 0.6) is 5.75 Å². The lowest BCUT2D eigenvalue weighted by Gasteiger charge is -2.13. The van der Waals surface area contributed by atoms with Crippen molar-refractivity contribution in [1.82, 2.24) is 14.9 Å². The molecule has 0 fully saturated rings. The Bertz CT molecular complexity index is 1670. The Morgan fingerprint density at radius 3 is 2.28 bits per heavy atom. The SMILES string of the molecule is O=C(N/C=C(/c1ccc(OC(F)(F)F)cc1)n1c(=O)[nH]c2ccccc21)c1ccc2ccccc2c1. The summed E-state index contributed by atoms with van der Waals surface area (Å²) < 4.78 is 43.1. The maximum atomic E-state index is 13.0. The molecular formula is C27H18F3N3O3. The smallest absolute Gasteiger partial charge is 0.406 e. The zero-order valence-electron chi connectivity index (χ0n) is 18.5. The monoisotopic (exact) mass is 489 g/mol. The first-order chi connectivity index (χ1) is 17.3.